The van der Waals surface area contributed by atoms with Crippen LogP contribution >= 0.6 is 11.8 Å². The van der Waals surface area contributed by atoms with E-state index in [1.165, 1.54) is 48.3 Å². The molecule has 4 aromatic rings. The van der Waals surface area contributed by atoms with Crippen molar-refractivity contribution in [1.29, 1.82) is 0 Å². The summed E-state index contributed by atoms with van der Waals surface area (Å²) in [5, 5.41) is 2.82. The first-order valence-electron chi connectivity index (χ1n) is 10.7. The van der Waals surface area contributed by atoms with Gasteiger partial charge in [0.25, 0.3) is 5.56 Å². The summed E-state index contributed by atoms with van der Waals surface area (Å²) in [7, 11) is 1.27. The van der Waals surface area contributed by atoms with Gasteiger partial charge in [-0.25, -0.2) is 14.2 Å². The van der Waals surface area contributed by atoms with Crippen LogP contribution in [0.3, 0.4) is 0 Å². The van der Waals surface area contributed by atoms with Crippen LogP contribution in [0.15, 0.2) is 75.2 Å². The number of rotatable bonds is 8. The van der Waals surface area contributed by atoms with Gasteiger partial charge in [0.15, 0.2) is 5.16 Å². The van der Waals surface area contributed by atoms with Gasteiger partial charge in [0.1, 0.15) is 11.6 Å². The Labute approximate surface area is 204 Å². The van der Waals surface area contributed by atoms with Gasteiger partial charge in [-0.3, -0.25) is 14.2 Å². The number of nitrogens with one attached hydrogen (secondary N) is 1. The van der Waals surface area contributed by atoms with Crippen molar-refractivity contribution in [2.45, 2.75) is 30.4 Å². The van der Waals surface area contributed by atoms with E-state index in [9.17, 15) is 18.8 Å². The van der Waals surface area contributed by atoms with Crippen molar-refractivity contribution in [3.63, 3.8) is 0 Å². The Hall–Kier alpha value is -3.92. The number of carbonyl (C=O) groups excluding carboxylic acids is 2. The number of thioether (sulfide) groups is 1. The predicted octanol–water partition coefficient (Wildman–Crippen LogP) is 3.76. The summed E-state index contributed by atoms with van der Waals surface area (Å²) in [6, 6.07) is 13.8. The number of halogens is 1. The molecular formula is C25H22FN3O5S. The number of hydrogen-bond donors (Lipinski definition) is 1. The highest BCUT2D eigenvalue weighted by Crippen LogP contribution is 2.24. The average Bonchev–Trinajstić information content (AvgIpc) is 3.38. The van der Waals surface area contributed by atoms with E-state index in [1.54, 1.807) is 31.2 Å². The lowest BCUT2D eigenvalue weighted by molar-refractivity contribution is -0.120. The van der Waals surface area contributed by atoms with Gasteiger partial charge >= 0.3 is 5.97 Å². The molecule has 0 radical (unpaired) electrons. The molecule has 10 heteroatoms. The number of esters is 1. The van der Waals surface area contributed by atoms with Crippen LogP contribution in [0.5, 0.6) is 0 Å². The highest BCUT2D eigenvalue weighted by Gasteiger charge is 2.21. The van der Waals surface area contributed by atoms with Gasteiger partial charge < -0.3 is 14.5 Å². The number of aromatic nitrogens is 2. The molecule has 0 aliphatic carbocycles. The van der Waals surface area contributed by atoms with Crippen molar-refractivity contribution >= 4 is 34.5 Å². The summed E-state index contributed by atoms with van der Waals surface area (Å²) in [6.07, 6.45) is 1.51. The normalized spacial score (nSPS) is 11.9. The zero-order valence-corrected chi connectivity index (χ0v) is 19.8. The Morgan fingerprint density at radius 1 is 1.20 bits per heavy atom. The molecule has 180 valence electrons. The van der Waals surface area contributed by atoms with Crippen LogP contribution < -0.4 is 10.9 Å². The molecule has 2 aromatic heterocycles. The van der Waals surface area contributed by atoms with Gasteiger partial charge in [-0.1, -0.05) is 23.9 Å². The molecular weight excluding hydrogens is 473 g/mol. The van der Waals surface area contributed by atoms with E-state index < -0.39 is 11.2 Å². The number of amides is 1. The van der Waals surface area contributed by atoms with E-state index in [4.69, 9.17) is 9.15 Å². The molecule has 35 heavy (non-hydrogen) atoms. The van der Waals surface area contributed by atoms with Gasteiger partial charge in [-0.2, -0.15) is 0 Å². The molecule has 0 aliphatic rings. The summed E-state index contributed by atoms with van der Waals surface area (Å²) in [5.74, 6) is -0.622. The quantitative estimate of drug-likeness (QED) is 0.226. The van der Waals surface area contributed by atoms with Crippen molar-refractivity contribution in [2.75, 3.05) is 7.11 Å². The molecule has 1 amide bonds. The number of hydrogen-bond acceptors (Lipinski definition) is 7. The third kappa shape index (κ3) is 5.60. The lowest BCUT2D eigenvalue weighted by Gasteiger charge is -2.16. The Morgan fingerprint density at radius 2 is 1.97 bits per heavy atom. The maximum absolute atomic E-state index is 13.3. The maximum atomic E-state index is 13.3. The van der Waals surface area contributed by atoms with Crippen molar-refractivity contribution < 1.29 is 23.1 Å². The van der Waals surface area contributed by atoms with Crippen molar-refractivity contribution in [1.82, 2.24) is 14.9 Å². The lowest BCUT2D eigenvalue weighted by atomic mass is 10.1. The number of carbonyl (C=O) groups is 2. The minimum atomic E-state index is -0.605. The number of benzene rings is 2. The Bertz CT molecular complexity index is 1420. The second kappa shape index (κ2) is 10.6. The molecule has 0 saturated carbocycles. The van der Waals surface area contributed by atoms with E-state index in [2.05, 4.69) is 10.3 Å². The van der Waals surface area contributed by atoms with E-state index in [1.807, 2.05) is 0 Å². The molecule has 0 saturated heterocycles. The minimum Gasteiger partial charge on any atom is -0.467 e. The first kappa shape index (κ1) is 24.2. The van der Waals surface area contributed by atoms with Gasteiger partial charge in [0, 0.05) is 6.54 Å². The van der Waals surface area contributed by atoms with Crippen molar-refractivity contribution in [3.05, 3.63) is 93.9 Å². The number of ether oxygens (including phenoxy) is 1. The number of methoxy groups -OCH3 is 1. The second-order valence-corrected chi connectivity index (χ2v) is 9.00. The SMILES string of the molecule is COC(=O)c1ccc2c(=O)n(Cc3ccco3)c(SC(C)C(=O)NCc3ccc(F)cc3)nc2c1. The molecule has 4 rings (SSSR count). The van der Waals surface area contributed by atoms with Crippen molar-refractivity contribution in [2.24, 2.45) is 0 Å². The van der Waals surface area contributed by atoms with Crippen LogP contribution in [0.2, 0.25) is 0 Å². The number of nitrogens with zero attached hydrogens (tertiary/aromatic N) is 2. The van der Waals surface area contributed by atoms with E-state index in [0.29, 0.717) is 21.8 Å². The molecule has 0 fully saturated rings. The summed E-state index contributed by atoms with van der Waals surface area (Å²) in [6.45, 7) is 2.06. The smallest absolute Gasteiger partial charge is 0.337 e. The fraction of sp³-hybridized carbons (Fsp3) is 0.200. The van der Waals surface area contributed by atoms with Gasteiger partial charge in [0.2, 0.25) is 5.91 Å². The molecule has 1 N–H and O–H groups in total. The number of furan rings is 1. The third-order valence-electron chi connectivity index (χ3n) is 5.27. The summed E-state index contributed by atoms with van der Waals surface area (Å²) >= 11 is 1.11. The molecule has 0 aliphatic heterocycles. The van der Waals surface area contributed by atoms with Crippen LogP contribution in [-0.4, -0.2) is 33.8 Å². The Balaban J connectivity index is 1.63. The summed E-state index contributed by atoms with van der Waals surface area (Å²) in [5.41, 5.74) is 1.00. The number of fused-ring (bicyclic) bond motifs is 1. The second-order valence-electron chi connectivity index (χ2n) is 7.69. The zero-order chi connectivity index (χ0) is 24.9. The highest BCUT2D eigenvalue weighted by atomic mass is 32.2. The molecule has 2 aromatic carbocycles. The lowest BCUT2D eigenvalue weighted by Crippen LogP contribution is -2.31. The molecule has 0 bridgehead atoms. The maximum Gasteiger partial charge on any atom is 0.337 e. The van der Waals surface area contributed by atoms with Crippen LogP contribution in [-0.2, 0) is 22.6 Å². The summed E-state index contributed by atoms with van der Waals surface area (Å²) in [4.78, 5) is 42.6. The predicted molar refractivity (Wildman–Crippen MR) is 129 cm³/mol. The van der Waals surface area contributed by atoms with E-state index in [0.717, 1.165) is 17.3 Å². The highest BCUT2D eigenvalue weighted by molar-refractivity contribution is 8.00. The average molecular weight is 496 g/mol. The van der Waals surface area contributed by atoms with Crippen LogP contribution in [0, 0.1) is 5.82 Å². The van der Waals surface area contributed by atoms with Crippen molar-refractivity contribution in [3.8, 4) is 0 Å². The molecule has 1 unspecified atom stereocenters. The Morgan fingerprint density at radius 3 is 2.66 bits per heavy atom. The van der Waals surface area contributed by atoms with E-state index in [-0.39, 0.29) is 35.9 Å². The van der Waals surface area contributed by atoms with Gasteiger partial charge in [-0.15, -0.1) is 0 Å². The fourth-order valence-electron chi connectivity index (χ4n) is 3.38. The zero-order valence-electron chi connectivity index (χ0n) is 19.0. The first-order chi connectivity index (χ1) is 16.9. The van der Waals surface area contributed by atoms with Gasteiger partial charge in [-0.05, 0) is 55.0 Å². The standard InChI is InChI=1S/C25H22FN3O5S/c1-15(22(30)27-13-16-5-8-18(26)9-6-16)35-25-28-21-12-17(24(32)33-2)7-10-20(21)23(31)29(25)14-19-4-3-11-34-19/h3-12,15H,13-14H2,1-2H3,(H,27,30). The van der Waals surface area contributed by atoms with Crippen LogP contribution in [0.1, 0.15) is 28.6 Å². The largest absolute Gasteiger partial charge is 0.467 e. The van der Waals surface area contributed by atoms with Gasteiger partial charge in [0.05, 0.1) is 41.6 Å². The topological polar surface area (TPSA) is 103 Å². The summed E-state index contributed by atoms with van der Waals surface area (Å²) < 4.78 is 24.7. The van der Waals surface area contributed by atoms with Crippen LogP contribution in [0.4, 0.5) is 4.39 Å². The molecule has 0 spiro atoms. The molecule has 2 heterocycles. The Kier molecular flexibility index (Phi) is 7.31. The fourth-order valence-corrected chi connectivity index (χ4v) is 4.31. The monoisotopic (exact) mass is 495 g/mol. The van der Waals surface area contributed by atoms with E-state index >= 15 is 0 Å². The molecule has 8 nitrogen and oxygen atoms in total. The van der Waals surface area contributed by atoms with Crippen LogP contribution in [0.25, 0.3) is 10.9 Å². The third-order valence-corrected chi connectivity index (χ3v) is 6.36. The minimum absolute atomic E-state index is 0.125. The first-order valence-corrected chi connectivity index (χ1v) is 11.6. The molecule has 1 atom stereocenters.